The molecule has 0 bridgehead atoms. The van der Waals surface area contributed by atoms with E-state index in [2.05, 4.69) is 31.5 Å². The Balaban J connectivity index is 2.99. The Hall–Kier alpha value is -2.03. The van der Waals surface area contributed by atoms with E-state index in [9.17, 15) is 14.7 Å². The highest BCUT2D eigenvalue weighted by atomic mass is 79.9. The van der Waals surface area contributed by atoms with E-state index in [1.807, 2.05) is 0 Å². The summed E-state index contributed by atoms with van der Waals surface area (Å²) in [4.78, 5) is 27.2. The van der Waals surface area contributed by atoms with Crippen LogP contribution in [-0.4, -0.2) is 33.4 Å². The standard InChI is InChI=1S/C13H19BrN4O4/c1-12(2,3)22-11(21)18-13(4,10(19)20)17-8-5-7(14)6-16-9(8)15/h5-6,17H,1-4H3,(H2,15,16)(H,18,21)(H,19,20). The van der Waals surface area contributed by atoms with Gasteiger partial charge in [0.1, 0.15) is 11.4 Å². The van der Waals surface area contributed by atoms with Gasteiger partial charge in [-0.15, -0.1) is 0 Å². The van der Waals surface area contributed by atoms with E-state index in [0.29, 0.717) is 4.47 Å². The van der Waals surface area contributed by atoms with Gasteiger partial charge in [0.05, 0.1) is 5.69 Å². The smallest absolute Gasteiger partial charge is 0.409 e. The fraction of sp³-hybridized carbons (Fsp3) is 0.462. The quantitative estimate of drug-likeness (QED) is 0.594. The molecule has 0 aliphatic heterocycles. The fourth-order valence-corrected chi connectivity index (χ4v) is 1.80. The van der Waals surface area contributed by atoms with Gasteiger partial charge in [0, 0.05) is 10.7 Å². The van der Waals surface area contributed by atoms with E-state index in [0.717, 1.165) is 0 Å². The first-order valence-electron chi connectivity index (χ1n) is 6.37. The molecular weight excluding hydrogens is 356 g/mol. The molecule has 0 saturated heterocycles. The molecule has 8 nitrogen and oxygen atoms in total. The number of ether oxygens (including phenoxy) is 1. The number of hydrogen-bond donors (Lipinski definition) is 4. The number of nitrogens with one attached hydrogen (secondary N) is 2. The third-order valence-corrected chi connectivity index (χ3v) is 2.88. The summed E-state index contributed by atoms with van der Waals surface area (Å²) in [6.07, 6.45) is 0.603. The predicted molar refractivity (Wildman–Crippen MR) is 85.4 cm³/mol. The number of aliphatic carboxylic acids is 1. The summed E-state index contributed by atoms with van der Waals surface area (Å²) in [6, 6.07) is 1.56. The molecule has 0 aromatic carbocycles. The van der Waals surface area contributed by atoms with Crippen LogP contribution in [0.2, 0.25) is 0 Å². The SMILES string of the molecule is CC(C)(C)OC(=O)NC(C)(Nc1cc(Br)cnc1N)C(=O)O. The Kier molecular flexibility index (Phi) is 5.23. The number of aromatic nitrogens is 1. The van der Waals surface area contributed by atoms with E-state index in [1.165, 1.54) is 13.1 Å². The molecule has 9 heteroatoms. The minimum atomic E-state index is -1.82. The zero-order chi connectivity index (χ0) is 17.1. The van der Waals surface area contributed by atoms with Gasteiger partial charge in [-0.05, 0) is 49.7 Å². The first kappa shape index (κ1) is 18.0. The fourth-order valence-electron chi connectivity index (χ4n) is 1.47. The number of nitrogen functional groups attached to an aromatic ring is 1. The maximum atomic E-state index is 11.8. The van der Waals surface area contributed by atoms with Gasteiger partial charge in [0.25, 0.3) is 0 Å². The van der Waals surface area contributed by atoms with Gasteiger partial charge in [-0.1, -0.05) is 0 Å². The normalized spacial score (nSPS) is 13.9. The van der Waals surface area contributed by atoms with Gasteiger partial charge in [-0.2, -0.15) is 0 Å². The summed E-state index contributed by atoms with van der Waals surface area (Å²) < 4.78 is 5.67. The number of carboxylic acids is 1. The predicted octanol–water partition coefficient (Wildman–Crippen LogP) is 2.16. The van der Waals surface area contributed by atoms with E-state index >= 15 is 0 Å². The Bertz CT molecular complexity index is 588. The Morgan fingerprint density at radius 1 is 1.36 bits per heavy atom. The molecule has 0 saturated carbocycles. The highest BCUT2D eigenvalue weighted by molar-refractivity contribution is 9.10. The number of carbonyl (C=O) groups excluding carboxylic acids is 1. The number of carbonyl (C=O) groups is 2. The molecular formula is C13H19BrN4O4. The second kappa shape index (κ2) is 6.39. The molecule has 122 valence electrons. The number of halogens is 1. The van der Waals surface area contributed by atoms with E-state index in [4.69, 9.17) is 10.5 Å². The van der Waals surface area contributed by atoms with Gasteiger partial charge in [-0.3, -0.25) is 5.32 Å². The topological polar surface area (TPSA) is 127 Å². The Morgan fingerprint density at radius 3 is 2.45 bits per heavy atom. The summed E-state index contributed by atoms with van der Waals surface area (Å²) in [5.74, 6) is -1.21. The third-order valence-electron chi connectivity index (χ3n) is 2.45. The first-order valence-corrected chi connectivity index (χ1v) is 7.16. The van der Waals surface area contributed by atoms with E-state index < -0.39 is 23.3 Å². The number of anilines is 2. The summed E-state index contributed by atoms with van der Waals surface area (Å²) in [5, 5.41) is 14.3. The van der Waals surface area contributed by atoms with Crippen molar-refractivity contribution in [1.29, 1.82) is 0 Å². The van der Waals surface area contributed by atoms with Crippen LogP contribution in [0, 0.1) is 0 Å². The van der Waals surface area contributed by atoms with Gasteiger partial charge < -0.3 is 20.9 Å². The van der Waals surface area contributed by atoms with Crippen molar-refractivity contribution in [3.63, 3.8) is 0 Å². The molecule has 0 aliphatic rings. The number of alkyl carbamates (subject to hydrolysis) is 1. The second-order valence-corrected chi connectivity index (χ2v) is 6.68. The minimum absolute atomic E-state index is 0.0988. The lowest BCUT2D eigenvalue weighted by Gasteiger charge is -2.30. The highest BCUT2D eigenvalue weighted by Crippen LogP contribution is 2.23. The molecule has 22 heavy (non-hydrogen) atoms. The number of hydrogen-bond acceptors (Lipinski definition) is 6. The number of carboxylic acid groups (broad SMARTS) is 1. The molecule has 1 heterocycles. The summed E-state index contributed by atoms with van der Waals surface area (Å²) in [6.45, 7) is 6.30. The molecule has 5 N–H and O–H groups in total. The minimum Gasteiger partial charge on any atom is -0.478 e. The van der Waals surface area contributed by atoms with Crippen molar-refractivity contribution >= 4 is 39.5 Å². The van der Waals surface area contributed by atoms with E-state index in [-0.39, 0.29) is 11.5 Å². The molecule has 1 unspecified atom stereocenters. The van der Waals surface area contributed by atoms with Crippen molar-refractivity contribution < 1.29 is 19.4 Å². The number of rotatable bonds is 4. The Labute approximate surface area is 136 Å². The van der Waals surface area contributed by atoms with Crippen LogP contribution < -0.4 is 16.4 Å². The average molecular weight is 375 g/mol. The molecule has 1 aromatic heterocycles. The zero-order valence-electron chi connectivity index (χ0n) is 12.7. The van der Waals surface area contributed by atoms with Crippen molar-refractivity contribution in [2.75, 3.05) is 11.1 Å². The van der Waals surface area contributed by atoms with Crippen molar-refractivity contribution in [3.8, 4) is 0 Å². The van der Waals surface area contributed by atoms with Crippen molar-refractivity contribution in [3.05, 3.63) is 16.7 Å². The first-order chi connectivity index (χ1) is 9.93. The van der Waals surface area contributed by atoms with Crippen molar-refractivity contribution in [1.82, 2.24) is 10.3 Å². The number of nitrogens with two attached hydrogens (primary N) is 1. The van der Waals surface area contributed by atoms with Crippen LogP contribution in [0.4, 0.5) is 16.3 Å². The molecule has 1 rings (SSSR count). The van der Waals surface area contributed by atoms with Crippen molar-refractivity contribution in [2.24, 2.45) is 0 Å². The summed E-state index contributed by atoms with van der Waals surface area (Å²) in [7, 11) is 0. The lowest BCUT2D eigenvalue weighted by atomic mass is 10.2. The van der Waals surface area contributed by atoms with E-state index in [1.54, 1.807) is 26.8 Å². The summed E-state index contributed by atoms with van der Waals surface area (Å²) >= 11 is 3.21. The van der Waals surface area contributed by atoms with Gasteiger partial charge in [-0.25, -0.2) is 14.6 Å². The van der Waals surface area contributed by atoms with Crippen LogP contribution >= 0.6 is 15.9 Å². The second-order valence-electron chi connectivity index (χ2n) is 5.77. The lowest BCUT2D eigenvalue weighted by molar-refractivity contribution is -0.142. The van der Waals surface area contributed by atoms with Crippen LogP contribution in [0.3, 0.4) is 0 Å². The van der Waals surface area contributed by atoms with Crippen LogP contribution in [0.1, 0.15) is 27.7 Å². The van der Waals surface area contributed by atoms with Gasteiger partial charge in [0.15, 0.2) is 0 Å². The Morgan fingerprint density at radius 2 is 1.95 bits per heavy atom. The number of nitrogens with zero attached hydrogens (tertiary/aromatic N) is 1. The molecule has 0 aliphatic carbocycles. The molecule has 1 atom stereocenters. The van der Waals surface area contributed by atoms with Crippen LogP contribution in [0.25, 0.3) is 0 Å². The highest BCUT2D eigenvalue weighted by Gasteiger charge is 2.37. The molecule has 0 fully saturated rings. The third kappa shape index (κ3) is 5.06. The molecule has 0 radical (unpaired) electrons. The van der Waals surface area contributed by atoms with Gasteiger partial charge in [0.2, 0.25) is 5.66 Å². The largest absolute Gasteiger partial charge is 0.478 e. The van der Waals surface area contributed by atoms with Gasteiger partial charge >= 0.3 is 12.1 Å². The van der Waals surface area contributed by atoms with Crippen molar-refractivity contribution in [2.45, 2.75) is 39.0 Å². The molecule has 0 spiro atoms. The summed E-state index contributed by atoms with van der Waals surface area (Å²) in [5.41, 5.74) is 3.39. The van der Waals surface area contributed by atoms with Crippen LogP contribution in [0.15, 0.2) is 16.7 Å². The van der Waals surface area contributed by atoms with Crippen LogP contribution in [0.5, 0.6) is 0 Å². The maximum absolute atomic E-state index is 11.8. The molecule has 1 aromatic rings. The number of amides is 1. The maximum Gasteiger partial charge on any atom is 0.409 e. The molecule has 1 amide bonds. The number of pyridine rings is 1. The lowest BCUT2D eigenvalue weighted by Crippen LogP contribution is -2.58. The average Bonchev–Trinajstić information content (AvgIpc) is 2.30. The zero-order valence-corrected chi connectivity index (χ0v) is 14.3. The van der Waals surface area contributed by atoms with Crippen LogP contribution in [-0.2, 0) is 9.53 Å². The monoisotopic (exact) mass is 374 g/mol.